The molecule has 0 aliphatic carbocycles. The Labute approximate surface area is 174 Å². The number of rotatable bonds is 7. The van der Waals surface area contributed by atoms with E-state index in [1.165, 1.54) is 12.4 Å². The highest BCUT2D eigenvalue weighted by atomic mass is 35.5. The largest absolute Gasteiger partial charge is 0.404 e. The van der Waals surface area contributed by atoms with Crippen molar-refractivity contribution in [3.63, 3.8) is 0 Å². The van der Waals surface area contributed by atoms with Gasteiger partial charge in [0.15, 0.2) is 0 Å². The van der Waals surface area contributed by atoms with E-state index < -0.39 is 0 Å². The van der Waals surface area contributed by atoms with Crippen LogP contribution in [-0.4, -0.2) is 22.3 Å². The van der Waals surface area contributed by atoms with E-state index in [9.17, 15) is 4.79 Å². The third-order valence-corrected chi connectivity index (χ3v) is 4.57. The van der Waals surface area contributed by atoms with Crippen LogP contribution >= 0.6 is 11.6 Å². The number of amides is 1. The summed E-state index contributed by atoms with van der Waals surface area (Å²) in [7, 11) is 0. The minimum absolute atomic E-state index is 0.111. The van der Waals surface area contributed by atoms with E-state index in [0.29, 0.717) is 22.8 Å². The zero-order chi connectivity index (χ0) is 20.6. The second-order valence-corrected chi connectivity index (χ2v) is 6.75. The summed E-state index contributed by atoms with van der Waals surface area (Å²) in [4.78, 5) is 14.8. The van der Waals surface area contributed by atoms with Crippen molar-refractivity contribution >= 4 is 35.0 Å². The summed E-state index contributed by atoms with van der Waals surface area (Å²) in [5.74, 6) is -0.111. The molecule has 0 saturated heterocycles. The summed E-state index contributed by atoms with van der Waals surface area (Å²) < 4.78 is 0. The topological polar surface area (TPSA) is 96.0 Å². The molecule has 0 unspecified atom stereocenters. The molecule has 7 heteroatoms. The minimum atomic E-state index is -0.111. The number of allylic oxidation sites excluding steroid dienone is 1. The Bertz CT molecular complexity index is 1020. The lowest BCUT2D eigenvalue weighted by Crippen LogP contribution is -2.32. The lowest BCUT2D eigenvalue weighted by molar-refractivity contribution is -0.118. The van der Waals surface area contributed by atoms with Gasteiger partial charge in [0.1, 0.15) is 0 Å². The first-order valence-electron chi connectivity index (χ1n) is 8.95. The van der Waals surface area contributed by atoms with E-state index >= 15 is 0 Å². The fourth-order valence-electron chi connectivity index (χ4n) is 2.88. The number of benzene rings is 2. The SMILES string of the molecule is N=CC(=CN)c1ccc(N(Cc2cccc(Cl)c2)C(=O)Cc2cccnn2)cc1. The normalized spacial score (nSPS) is 11.1. The van der Waals surface area contributed by atoms with Crippen LogP contribution in [0.3, 0.4) is 0 Å². The Morgan fingerprint density at radius 2 is 1.93 bits per heavy atom. The predicted molar refractivity (Wildman–Crippen MR) is 116 cm³/mol. The molecule has 0 bridgehead atoms. The van der Waals surface area contributed by atoms with Crippen LogP contribution in [-0.2, 0) is 17.8 Å². The molecule has 0 fully saturated rings. The van der Waals surface area contributed by atoms with E-state index in [2.05, 4.69) is 10.2 Å². The molecule has 29 heavy (non-hydrogen) atoms. The van der Waals surface area contributed by atoms with Gasteiger partial charge in [0, 0.05) is 34.9 Å². The molecule has 1 aromatic heterocycles. The quantitative estimate of drug-likeness (QED) is 0.583. The lowest BCUT2D eigenvalue weighted by Gasteiger charge is -2.23. The molecule has 0 aliphatic rings. The van der Waals surface area contributed by atoms with Gasteiger partial charge in [-0.1, -0.05) is 35.9 Å². The number of nitrogens with one attached hydrogen (secondary N) is 1. The highest BCUT2D eigenvalue weighted by Gasteiger charge is 2.18. The van der Waals surface area contributed by atoms with Crippen molar-refractivity contribution in [2.75, 3.05) is 4.90 Å². The zero-order valence-electron chi connectivity index (χ0n) is 15.6. The number of anilines is 1. The number of hydrogen-bond acceptors (Lipinski definition) is 5. The molecule has 0 spiro atoms. The van der Waals surface area contributed by atoms with Gasteiger partial charge in [0.25, 0.3) is 0 Å². The molecule has 3 N–H and O–H groups in total. The number of nitrogens with two attached hydrogens (primary N) is 1. The van der Waals surface area contributed by atoms with Gasteiger partial charge in [-0.3, -0.25) is 4.79 Å². The molecule has 0 atom stereocenters. The van der Waals surface area contributed by atoms with Gasteiger partial charge in [0.2, 0.25) is 5.91 Å². The molecule has 0 saturated carbocycles. The van der Waals surface area contributed by atoms with E-state index in [4.69, 9.17) is 22.7 Å². The Balaban J connectivity index is 1.91. The predicted octanol–water partition coefficient (Wildman–Crippen LogP) is 3.86. The highest BCUT2D eigenvalue weighted by molar-refractivity contribution is 6.30. The third-order valence-electron chi connectivity index (χ3n) is 4.34. The summed E-state index contributed by atoms with van der Waals surface area (Å²) >= 11 is 6.11. The van der Waals surface area contributed by atoms with Crippen LogP contribution in [0.25, 0.3) is 5.57 Å². The number of halogens is 1. The first-order chi connectivity index (χ1) is 14.1. The molecule has 1 heterocycles. The Kier molecular flexibility index (Phi) is 6.71. The minimum Gasteiger partial charge on any atom is -0.404 e. The van der Waals surface area contributed by atoms with E-state index in [1.807, 2.05) is 42.5 Å². The summed E-state index contributed by atoms with van der Waals surface area (Å²) in [6, 6.07) is 18.3. The van der Waals surface area contributed by atoms with Gasteiger partial charge in [-0.25, -0.2) is 0 Å². The highest BCUT2D eigenvalue weighted by Crippen LogP contribution is 2.23. The Hall–Kier alpha value is -3.51. The molecule has 146 valence electrons. The number of aromatic nitrogens is 2. The Morgan fingerprint density at radius 3 is 2.55 bits per heavy atom. The van der Waals surface area contributed by atoms with Gasteiger partial charge in [-0.05, 0) is 47.5 Å². The van der Waals surface area contributed by atoms with Crippen molar-refractivity contribution in [3.8, 4) is 0 Å². The molecule has 3 rings (SSSR count). The standard InChI is InChI=1S/C22H20ClN5O/c23-19-4-1-3-16(11-19)15-28(22(29)12-20-5-2-10-26-27-20)21-8-6-17(7-9-21)18(13-24)14-25/h1-11,13-14,24H,12,15,25H2. The average molecular weight is 406 g/mol. The van der Waals surface area contributed by atoms with E-state index in [-0.39, 0.29) is 12.3 Å². The maximum atomic E-state index is 13.1. The third kappa shape index (κ3) is 5.27. The van der Waals surface area contributed by atoms with Crippen molar-refractivity contribution in [3.05, 3.63) is 94.9 Å². The molecule has 0 aliphatic heterocycles. The first-order valence-corrected chi connectivity index (χ1v) is 9.32. The number of carbonyl (C=O) groups excluding carboxylic acids is 1. The van der Waals surface area contributed by atoms with E-state index in [1.54, 1.807) is 29.3 Å². The smallest absolute Gasteiger partial charge is 0.233 e. The van der Waals surface area contributed by atoms with Crippen molar-refractivity contribution in [1.82, 2.24) is 10.2 Å². The van der Waals surface area contributed by atoms with Crippen LogP contribution in [0, 0.1) is 5.41 Å². The van der Waals surface area contributed by atoms with Crippen molar-refractivity contribution in [1.29, 1.82) is 5.41 Å². The number of hydrogen-bond donors (Lipinski definition) is 2. The number of carbonyl (C=O) groups is 1. The van der Waals surface area contributed by atoms with Crippen LogP contribution in [0.5, 0.6) is 0 Å². The summed E-state index contributed by atoms with van der Waals surface area (Å²) in [5, 5.41) is 15.9. The second-order valence-electron chi connectivity index (χ2n) is 6.31. The van der Waals surface area contributed by atoms with Gasteiger partial charge in [0.05, 0.1) is 18.7 Å². The molecular formula is C22H20ClN5O. The van der Waals surface area contributed by atoms with Gasteiger partial charge < -0.3 is 16.0 Å². The maximum Gasteiger partial charge on any atom is 0.233 e. The molecule has 1 amide bonds. The Morgan fingerprint density at radius 1 is 1.14 bits per heavy atom. The molecule has 3 aromatic rings. The lowest BCUT2D eigenvalue weighted by atomic mass is 10.1. The van der Waals surface area contributed by atoms with Gasteiger partial charge in [-0.15, -0.1) is 0 Å². The van der Waals surface area contributed by atoms with Gasteiger partial charge >= 0.3 is 0 Å². The fourth-order valence-corrected chi connectivity index (χ4v) is 3.09. The van der Waals surface area contributed by atoms with Crippen molar-refractivity contribution in [2.45, 2.75) is 13.0 Å². The zero-order valence-corrected chi connectivity index (χ0v) is 16.4. The first kappa shape index (κ1) is 20.2. The summed E-state index contributed by atoms with van der Waals surface area (Å²) in [6.45, 7) is 0.364. The monoisotopic (exact) mass is 405 g/mol. The van der Waals surface area contributed by atoms with Crippen LogP contribution in [0.4, 0.5) is 5.69 Å². The maximum absolute atomic E-state index is 13.1. The fraction of sp³-hybridized carbons (Fsp3) is 0.0909. The molecule has 0 radical (unpaired) electrons. The number of nitrogens with zero attached hydrogens (tertiary/aromatic N) is 3. The van der Waals surface area contributed by atoms with Crippen LogP contribution in [0.15, 0.2) is 73.1 Å². The van der Waals surface area contributed by atoms with Crippen LogP contribution in [0.2, 0.25) is 5.02 Å². The molecular weight excluding hydrogens is 386 g/mol. The summed E-state index contributed by atoms with van der Waals surface area (Å²) in [5.41, 5.74) is 9.20. The molecule has 6 nitrogen and oxygen atoms in total. The van der Waals surface area contributed by atoms with Crippen molar-refractivity contribution < 1.29 is 4.79 Å². The van der Waals surface area contributed by atoms with Gasteiger partial charge in [-0.2, -0.15) is 10.2 Å². The van der Waals surface area contributed by atoms with Crippen LogP contribution in [0.1, 0.15) is 16.8 Å². The average Bonchev–Trinajstić information content (AvgIpc) is 2.74. The van der Waals surface area contributed by atoms with E-state index in [0.717, 1.165) is 16.8 Å². The van der Waals surface area contributed by atoms with Crippen molar-refractivity contribution in [2.24, 2.45) is 5.73 Å². The molecule has 2 aromatic carbocycles. The van der Waals surface area contributed by atoms with Crippen LogP contribution < -0.4 is 10.6 Å². The second kappa shape index (κ2) is 9.61. The summed E-state index contributed by atoms with van der Waals surface area (Å²) in [6.07, 6.45) is 4.27.